The Labute approximate surface area is 180 Å². The first-order chi connectivity index (χ1) is 14.2. The molecule has 1 aliphatic rings. The number of fused-ring (bicyclic) bond motifs is 1. The molecule has 0 bridgehead atoms. The highest BCUT2D eigenvalue weighted by molar-refractivity contribution is 5.95. The predicted molar refractivity (Wildman–Crippen MR) is 123 cm³/mol. The summed E-state index contributed by atoms with van der Waals surface area (Å²) in [5.41, 5.74) is 4.97. The lowest BCUT2D eigenvalue weighted by atomic mass is 10.0. The monoisotopic (exact) mass is 413 g/mol. The van der Waals surface area contributed by atoms with Gasteiger partial charge in [0.25, 0.3) is 0 Å². The molecule has 1 aromatic rings. The molecule has 0 saturated heterocycles. The van der Waals surface area contributed by atoms with Crippen molar-refractivity contribution in [3.63, 3.8) is 0 Å². The number of benzene rings is 1. The fourth-order valence-corrected chi connectivity index (χ4v) is 3.81. The summed E-state index contributed by atoms with van der Waals surface area (Å²) in [7, 11) is 0. The molecule has 0 aliphatic carbocycles. The molecule has 0 amide bonds. The molecule has 0 spiro atoms. The largest absolute Gasteiger partial charge is 0.480 e. The van der Waals surface area contributed by atoms with Crippen LogP contribution in [0.25, 0.3) is 0 Å². The van der Waals surface area contributed by atoms with E-state index in [0.717, 1.165) is 34.6 Å². The molecule has 6 heteroatoms. The van der Waals surface area contributed by atoms with E-state index < -0.39 is 12.0 Å². The summed E-state index contributed by atoms with van der Waals surface area (Å²) >= 11 is 0. The van der Waals surface area contributed by atoms with Crippen molar-refractivity contribution in [3.8, 4) is 0 Å². The summed E-state index contributed by atoms with van der Waals surface area (Å²) in [5.74, 6) is -0.671. The number of carboxylic acids is 1. The molecule has 0 radical (unpaired) electrons. The normalized spacial score (nSPS) is 17.7. The van der Waals surface area contributed by atoms with E-state index in [2.05, 4.69) is 34.6 Å². The number of aliphatic carboxylic acids is 1. The van der Waals surface area contributed by atoms with Gasteiger partial charge in [-0.15, -0.1) is 0 Å². The van der Waals surface area contributed by atoms with Crippen LogP contribution in [0.4, 0.5) is 11.4 Å². The first-order valence-corrected chi connectivity index (χ1v) is 10.7. The number of allylic oxidation sites excluding steroid dienone is 2. The Balaban J connectivity index is 2.23. The van der Waals surface area contributed by atoms with Crippen molar-refractivity contribution < 1.29 is 14.7 Å². The van der Waals surface area contributed by atoms with Crippen LogP contribution in [0.15, 0.2) is 41.5 Å². The van der Waals surface area contributed by atoms with E-state index in [1.807, 2.05) is 52.8 Å². The second-order valence-corrected chi connectivity index (χ2v) is 8.02. The highest BCUT2D eigenvalue weighted by Gasteiger charge is 2.30. The molecule has 2 rings (SSSR count). The Kier molecular flexibility index (Phi) is 8.24. The maximum Gasteiger partial charge on any atom is 0.320 e. The SMILES string of the molecule is C/C=C(\C=C(\C)C(=O)CC)C1Nc2cc(CNC(C(=O)O)C(C)C)ccc2N1CC. The number of carbonyl (C=O) groups is 2. The topological polar surface area (TPSA) is 81.7 Å². The van der Waals surface area contributed by atoms with Crippen molar-refractivity contribution in [1.29, 1.82) is 0 Å². The van der Waals surface area contributed by atoms with E-state index in [1.165, 1.54) is 0 Å². The second kappa shape index (κ2) is 10.4. The van der Waals surface area contributed by atoms with Crippen molar-refractivity contribution in [2.45, 2.75) is 66.7 Å². The molecular formula is C24H35N3O3. The summed E-state index contributed by atoms with van der Waals surface area (Å²) < 4.78 is 0. The third-order valence-corrected chi connectivity index (χ3v) is 5.57. The zero-order valence-corrected chi connectivity index (χ0v) is 19.0. The first-order valence-electron chi connectivity index (χ1n) is 10.7. The Morgan fingerprint density at radius 3 is 2.53 bits per heavy atom. The smallest absolute Gasteiger partial charge is 0.320 e. The molecule has 1 aromatic carbocycles. The molecule has 0 saturated carbocycles. The van der Waals surface area contributed by atoms with Gasteiger partial charge in [-0.05, 0) is 61.6 Å². The Hall–Kier alpha value is -2.60. The fourth-order valence-electron chi connectivity index (χ4n) is 3.81. The highest BCUT2D eigenvalue weighted by Crippen LogP contribution is 2.37. The number of hydrogen-bond donors (Lipinski definition) is 3. The van der Waals surface area contributed by atoms with Crippen molar-refractivity contribution >= 4 is 23.1 Å². The average Bonchev–Trinajstić information content (AvgIpc) is 3.08. The quantitative estimate of drug-likeness (QED) is 0.391. The number of nitrogens with zero attached hydrogens (tertiary/aromatic N) is 1. The van der Waals surface area contributed by atoms with E-state index in [-0.39, 0.29) is 17.9 Å². The minimum Gasteiger partial charge on any atom is -0.480 e. The molecule has 3 N–H and O–H groups in total. The minimum absolute atomic E-state index is 0.00752. The van der Waals surface area contributed by atoms with Gasteiger partial charge < -0.3 is 20.6 Å². The number of likely N-dealkylation sites (N-methyl/N-ethyl adjacent to an activating group) is 1. The highest BCUT2D eigenvalue weighted by atomic mass is 16.4. The second-order valence-electron chi connectivity index (χ2n) is 8.02. The van der Waals surface area contributed by atoms with Gasteiger partial charge in [-0.3, -0.25) is 9.59 Å². The van der Waals surface area contributed by atoms with E-state index >= 15 is 0 Å². The fraction of sp³-hybridized carbons (Fsp3) is 0.500. The van der Waals surface area contributed by atoms with Gasteiger partial charge >= 0.3 is 5.97 Å². The molecule has 1 aliphatic heterocycles. The van der Waals surface area contributed by atoms with Crippen molar-refractivity contribution in [3.05, 3.63) is 47.1 Å². The van der Waals surface area contributed by atoms with Crippen LogP contribution in [0.2, 0.25) is 0 Å². The van der Waals surface area contributed by atoms with Crippen LogP contribution >= 0.6 is 0 Å². The number of rotatable bonds is 10. The molecule has 30 heavy (non-hydrogen) atoms. The van der Waals surface area contributed by atoms with Gasteiger partial charge in [0.05, 0.1) is 11.4 Å². The number of nitrogens with one attached hydrogen (secondary N) is 2. The number of carboxylic acid groups (broad SMARTS) is 1. The van der Waals surface area contributed by atoms with Gasteiger partial charge in [0.15, 0.2) is 5.78 Å². The first kappa shape index (κ1) is 23.7. The summed E-state index contributed by atoms with van der Waals surface area (Å²) in [6.07, 6.45) is 4.47. The van der Waals surface area contributed by atoms with E-state index in [9.17, 15) is 14.7 Å². The molecule has 2 atom stereocenters. The molecule has 2 unspecified atom stereocenters. The minimum atomic E-state index is -0.831. The van der Waals surface area contributed by atoms with Gasteiger partial charge in [-0.25, -0.2) is 0 Å². The number of carbonyl (C=O) groups excluding carboxylic acids is 1. The van der Waals surface area contributed by atoms with Crippen molar-refractivity contribution in [2.75, 3.05) is 16.8 Å². The van der Waals surface area contributed by atoms with Crippen LogP contribution in [0, 0.1) is 5.92 Å². The lowest BCUT2D eigenvalue weighted by Gasteiger charge is -2.26. The van der Waals surface area contributed by atoms with Crippen LogP contribution in [-0.4, -0.2) is 35.6 Å². The predicted octanol–water partition coefficient (Wildman–Crippen LogP) is 4.34. The molecule has 164 valence electrons. The summed E-state index contributed by atoms with van der Waals surface area (Å²) in [4.78, 5) is 25.7. The zero-order valence-electron chi connectivity index (χ0n) is 19.0. The number of anilines is 2. The lowest BCUT2D eigenvalue weighted by Crippen LogP contribution is -2.40. The number of Topliss-reactive ketones (excluding diaryl/α,β-unsaturated/α-hetero) is 1. The molecule has 0 aromatic heterocycles. The standard InChI is InChI=1S/C24H35N3O3/c1-7-18(12-16(6)21(28)8-2)23-26-19-13-17(10-11-20(19)27(23)9-3)14-25-22(15(4)5)24(29)30/h7,10-13,15,22-23,25-26H,8-9,14H2,1-6H3,(H,29,30)/b16-12-,18-7+. The summed E-state index contributed by atoms with van der Waals surface area (Å²) in [5, 5.41) is 16.1. The van der Waals surface area contributed by atoms with Crippen LogP contribution in [0.5, 0.6) is 0 Å². The zero-order chi connectivity index (χ0) is 22.4. The Bertz CT molecular complexity index is 842. The third kappa shape index (κ3) is 5.30. The van der Waals surface area contributed by atoms with Gasteiger partial charge in [0.2, 0.25) is 0 Å². The van der Waals surface area contributed by atoms with Gasteiger partial charge in [0, 0.05) is 19.5 Å². The maximum atomic E-state index is 12.0. The van der Waals surface area contributed by atoms with E-state index in [1.54, 1.807) is 0 Å². The van der Waals surface area contributed by atoms with Gasteiger partial charge in [0.1, 0.15) is 12.2 Å². The van der Waals surface area contributed by atoms with E-state index in [4.69, 9.17) is 0 Å². The molecular weight excluding hydrogens is 378 g/mol. The number of hydrogen-bond acceptors (Lipinski definition) is 5. The number of ketones is 1. The maximum absolute atomic E-state index is 12.0. The van der Waals surface area contributed by atoms with Gasteiger partial charge in [-0.2, -0.15) is 0 Å². The summed E-state index contributed by atoms with van der Waals surface area (Å²) in [6.45, 7) is 13.0. The molecule has 6 nitrogen and oxygen atoms in total. The third-order valence-electron chi connectivity index (χ3n) is 5.57. The molecule has 0 fully saturated rings. The molecule has 1 heterocycles. The van der Waals surface area contributed by atoms with Crippen LogP contribution < -0.4 is 15.5 Å². The van der Waals surface area contributed by atoms with Gasteiger partial charge in [-0.1, -0.05) is 32.9 Å². The van der Waals surface area contributed by atoms with Crippen LogP contribution in [-0.2, 0) is 16.1 Å². The van der Waals surface area contributed by atoms with Crippen LogP contribution in [0.1, 0.15) is 53.5 Å². The summed E-state index contributed by atoms with van der Waals surface area (Å²) in [6, 6.07) is 5.61. The Morgan fingerprint density at radius 2 is 2.00 bits per heavy atom. The van der Waals surface area contributed by atoms with E-state index in [0.29, 0.717) is 13.0 Å². The van der Waals surface area contributed by atoms with Crippen molar-refractivity contribution in [2.24, 2.45) is 5.92 Å². The average molecular weight is 414 g/mol. The Morgan fingerprint density at radius 1 is 1.30 bits per heavy atom. The van der Waals surface area contributed by atoms with Crippen LogP contribution in [0.3, 0.4) is 0 Å². The lowest BCUT2D eigenvalue weighted by molar-refractivity contribution is -0.140. The van der Waals surface area contributed by atoms with Crippen molar-refractivity contribution in [1.82, 2.24) is 5.32 Å².